The van der Waals surface area contributed by atoms with E-state index in [0.29, 0.717) is 0 Å². The van der Waals surface area contributed by atoms with E-state index in [1.807, 2.05) is 0 Å². The maximum absolute atomic E-state index is 10.7. The van der Waals surface area contributed by atoms with Crippen LogP contribution in [0.5, 0.6) is 0 Å². The predicted molar refractivity (Wildman–Crippen MR) is 153 cm³/mol. The molecule has 0 radical (unpaired) electrons. The third-order valence-electron chi connectivity index (χ3n) is 6.15. The van der Waals surface area contributed by atoms with Crippen LogP contribution in [0.4, 0.5) is 13.2 Å². The molecule has 3 nitrogen and oxygen atoms in total. The molecule has 0 saturated carbocycles. The molecule has 3 aromatic carbocycles. The van der Waals surface area contributed by atoms with E-state index in [0.717, 1.165) is 0 Å². The van der Waals surface area contributed by atoms with Crippen molar-refractivity contribution in [3.05, 3.63) is 89.5 Å². The fourth-order valence-corrected chi connectivity index (χ4v) is 5.72. The van der Waals surface area contributed by atoms with Crippen LogP contribution in [-0.2, 0) is 37.3 Å². The normalized spacial score (nSPS) is 13.2. The Kier molecular flexibility index (Phi) is 9.85. The van der Waals surface area contributed by atoms with Gasteiger partial charge in [-0.05, 0) is 69.3 Å². The van der Waals surface area contributed by atoms with Crippen molar-refractivity contribution < 1.29 is 26.1 Å². The SMILES string of the molecule is CC(C)(C)c1ccc([S+](c2ccc(C(C)(C)C)cc2)c2ccc(C(C)(C)C)cc2)cc1.O=S(=O)([O-])C(F)(F)F. The number of benzene rings is 3. The molecule has 0 saturated heterocycles. The molecule has 0 spiro atoms. The molecule has 0 fully saturated rings. The van der Waals surface area contributed by atoms with Crippen LogP contribution in [-0.4, -0.2) is 18.5 Å². The smallest absolute Gasteiger partial charge is 0.485 e. The maximum atomic E-state index is 10.7. The van der Waals surface area contributed by atoms with Gasteiger partial charge in [0.2, 0.25) is 0 Å². The van der Waals surface area contributed by atoms with E-state index in [-0.39, 0.29) is 27.1 Å². The molecular formula is C31H39F3O3S2. The summed E-state index contributed by atoms with van der Waals surface area (Å²) in [5.74, 6) is 0. The maximum Gasteiger partial charge on any atom is 0.485 e. The number of rotatable bonds is 3. The summed E-state index contributed by atoms with van der Waals surface area (Å²) < 4.78 is 58.9. The van der Waals surface area contributed by atoms with Crippen molar-refractivity contribution in [2.45, 2.75) is 98.8 Å². The largest absolute Gasteiger partial charge is 0.741 e. The monoisotopic (exact) mass is 580 g/mol. The summed E-state index contributed by atoms with van der Waals surface area (Å²) in [4.78, 5) is 4.13. The van der Waals surface area contributed by atoms with Crippen molar-refractivity contribution in [3.63, 3.8) is 0 Å². The summed E-state index contributed by atoms with van der Waals surface area (Å²) in [7, 11) is -6.21. The lowest BCUT2D eigenvalue weighted by molar-refractivity contribution is -0.0517. The van der Waals surface area contributed by atoms with Gasteiger partial charge in [-0.1, -0.05) is 98.7 Å². The van der Waals surface area contributed by atoms with Crippen molar-refractivity contribution in [1.29, 1.82) is 0 Å². The Morgan fingerprint density at radius 2 is 0.692 bits per heavy atom. The van der Waals surface area contributed by atoms with Crippen molar-refractivity contribution in [2.24, 2.45) is 0 Å². The van der Waals surface area contributed by atoms with Crippen LogP contribution < -0.4 is 0 Å². The van der Waals surface area contributed by atoms with Gasteiger partial charge < -0.3 is 4.55 Å². The Balaban J connectivity index is 0.000000580. The third-order valence-corrected chi connectivity index (χ3v) is 8.95. The highest BCUT2D eigenvalue weighted by atomic mass is 32.2. The van der Waals surface area contributed by atoms with Gasteiger partial charge in [-0.2, -0.15) is 13.2 Å². The molecular weight excluding hydrogens is 541 g/mol. The fourth-order valence-electron chi connectivity index (χ4n) is 3.68. The minimum Gasteiger partial charge on any atom is -0.741 e. The zero-order valence-electron chi connectivity index (χ0n) is 24.1. The topological polar surface area (TPSA) is 57.2 Å². The molecule has 0 aromatic heterocycles. The molecule has 0 amide bonds. The molecule has 3 rings (SSSR count). The molecule has 39 heavy (non-hydrogen) atoms. The Bertz CT molecular complexity index is 1190. The minimum atomic E-state index is -6.09. The summed E-state index contributed by atoms with van der Waals surface area (Å²) in [5, 5.41) is 0. The van der Waals surface area contributed by atoms with Gasteiger partial charge in [-0.25, -0.2) is 8.42 Å². The lowest BCUT2D eigenvalue weighted by Gasteiger charge is -2.21. The average Bonchev–Trinajstić information content (AvgIpc) is 2.78. The molecule has 0 N–H and O–H groups in total. The Morgan fingerprint density at radius 1 is 0.513 bits per heavy atom. The average molecular weight is 581 g/mol. The lowest BCUT2D eigenvalue weighted by atomic mass is 9.87. The first-order valence-electron chi connectivity index (χ1n) is 12.6. The second-order valence-electron chi connectivity index (χ2n) is 12.5. The highest BCUT2D eigenvalue weighted by Gasteiger charge is 2.37. The van der Waals surface area contributed by atoms with Gasteiger partial charge >= 0.3 is 5.51 Å². The number of hydrogen-bond donors (Lipinski definition) is 0. The molecule has 0 aliphatic heterocycles. The van der Waals surface area contributed by atoms with Gasteiger partial charge in [0.25, 0.3) is 0 Å². The Labute approximate surface area is 235 Å². The third kappa shape index (κ3) is 9.12. The van der Waals surface area contributed by atoms with Crippen LogP contribution in [0.1, 0.15) is 79.0 Å². The minimum absolute atomic E-state index is 0.120. The summed E-state index contributed by atoms with van der Waals surface area (Å²) >= 11 is 0. The molecule has 214 valence electrons. The Hall–Kier alpha value is -2.29. The van der Waals surface area contributed by atoms with E-state index in [1.54, 1.807) is 0 Å². The van der Waals surface area contributed by atoms with Crippen LogP contribution in [0.3, 0.4) is 0 Å². The zero-order valence-corrected chi connectivity index (χ0v) is 25.7. The van der Waals surface area contributed by atoms with Crippen molar-refractivity contribution in [1.82, 2.24) is 0 Å². The van der Waals surface area contributed by atoms with Gasteiger partial charge in [0, 0.05) is 0 Å². The molecule has 0 atom stereocenters. The first-order valence-corrected chi connectivity index (χ1v) is 15.2. The van der Waals surface area contributed by atoms with Gasteiger partial charge in [-0.3, -0.25) is 0 Å². The van der Waals surface area contributed by atoms with Crippen LogP contribution in [0.15, 0.2) is 87.5 Å². The number of halogens is 3. The van der Waals surface area contributed by atoms with Crippen LogP contribution in [0.2, 0.25) is 0 Å². The highest BCUT2D eigenvalue weighted by Crippen LogP contribution is 2.35. The molecule has 0 aliphatic carbocycles. The van der Waals surface area contributed by atoms with E-state index in [9.17, 15) is 13.2 Å². The summed E-state index contributed by atoms with van der Waals surface area (Å²) in [6.07, 6.45) is 0. The first kappa shape index (κ1) is 32.9. The zero-order chi connectivity index (χ0) is 30.0. The van der Waals surface area contributed by atoms with Gasteiger partial charge in [0.15, 0.2) is 24.8 Å². The van der Waals surface area contributed by atoms with Gasteiger partial charge in [0.1, 0.15) is 0 Å². The second-order valence-corrected chi connectivity index (χ2v) is 15.9. The van der Waals surface area contributed by atoms with Gasteiger partial charge in [0.05, 0.1) is 10.9 Å². The predicted octanol–water partition coefficient (Wildman–Crippen LogP) is 8.73. The van der Waals surface area contributed by atoms with Crippen LogP contribution >= 0.6 is 0 Å². The van der Waals surface area contributed by atoms with Gasteiger partial charge in [-0.15, -0.1) is 0 Å². The lowest BCUT2D eigenvalue weighted by Crippen LogP contribution is -2.21. The van der Waals surface area contributed by atoms with Crippen molar-refractivity contribution in [3.8, 4) is 0 Å². The molecule has 0 bridgehead atoms. The molecule has 0 unspecified atom stereocenters. The second kappa shape index (κ2) is 11.7. The molecule has 0 heterocycles. The van der Waals surface area contributed by atoms with E-state index in [2.05, 4.69) is 135 Å². The van der Waals surface area contributed by atoms with Crippen molar-refractivity contribution in [2.75, 3.05) is 0 Å². The highest BCUT2D eigenvalue weighted by molar-refractivity contribution is 7.97. The summed E-state index contributed by atoms with van der Waals surface area (Å²) in [6, 6.07) is 27.8. The molecule has 3 aromatic rings. The fraction of sp³-hybridized carbons (Fsp3) is 0.419. The van der Waals surface area contributed by atoms with E-state index < -0.39 is 15.6 Å². The Morgan fingerprint density at radius 3 is 0.821 bits per heavy atom. The van der Waals surface area contributed by atoms with E-state index in [4.69, 9.17) is 13.0 Å². The van der Waals surface area contributed by atoms with E-state index in [1.165, 1.54) is 31.4 Å². The number of hydrogen-bond acceptors (Lipinski definition) is 3. The molecule has 8 heteroatoms. The summed E-state index contributed by atoms with van der Waals surface area (Å²) in [5.41, 5.74) is -1.00. The van der Waals surface area contributed by atoms with Crippen LogP contribution in [0.25, 0.3) is 0 Å². The van der Waals surface area contributed by atoms with Crippen LogP contribution in [0, 0.1) is 0 Å². The van der Waals surface area contributed by atoms with Crippen molar-refractivity contribution >= 4 is 21.0 Å². The molecule has 0 aliphatic rings. The van der Waals surface area contributed by atoms with E-state index >= 15 is 0 Å². The first-order chi connectivity index (χ1) is 17.5. The quantitative estimate of drug-likeness (QED) is 0.177. The summed E-state index contributed by atoms with van der Waals surface area (Å²) in [6.45, 7) is 20.5. The standard InChI is InChI=1S/C30H39S.CHF3O3S/c1-28(2,3)22-10-16-25(17-11-22)31(26-18-12-23(13-19-26)29(4,5)6)27-20-14-24(15-21-27)30(7,8)9;2-1(3,4)8(5,6)7/h10-21H,1-9H3;(H,5,6,7)/q+1;/p-1. The number of alkyl halides is 3.